The van der Waals surface area contributed by atoms with E-state index in [1.54, 1.807) is 0 Å². The van der Waals surface area contributed by atoms with Gasteiger partial charge in [0.05, 0.1) is 7.11 Å². The maximum Gasteiger partial charge on any atom is 0.573 e. The maximum absolute atomic E-state index is 11.9. The Labute approximate surface area is 85.6 Å². The monoisotopic (exact) mass is 220 g/mol. The summed E-state index contributed by atoms with van der Waals surface area (Å²) in [7, 11) is 1.47. The molecule has 0 aliphatic heterocycles. The van der Waals surface area contributed by atoms with Gasteiger partial charge in [-0.15, -0.1) is 13.2 Å². The van der Waals surface area contributed by atoms with Crippen LogP contribution in [-0.2, 0) is 6.42 Å². The van der Waals surface area contributed by atoms with Crippen molar-refractivity contribution in [1.29, 1.82) is 0 Å². The van der Waals surface area contributed by atoms with E-state index < -0.39 is 6.36 Å². The summed E-state index contributed by atoms with van der Waals surface area (Å²) in [5.41, 5.74) is 0.680. The molecule has 0 N–H and O–H groups in total. The third-order valence-corrected chi connectivity index (χ3v) is 1.87. The first kappa shape index (κ1) is 11.7. The number of halogens is 3. The first-order valence-electron chi connectivity index (χ1n) is 4.39. The van der Waals surface area contributed by atoms with Crippen molar-refractivity contribution in [2.24, 2.45) is 0 Å². The number of alkyl halides is 3. The van der Waals surface area contributed by atoms with E-state index in [-0.39, 0.29) is 5.75 Å². The Morgan fingerprint density at radius 1 is 1.27 bits per heavy atom. The van der Waals surface area contributed by atoms with Gasteiger partial charge in [-0.05, 0) is 30.2 Å². The van der Waals surface area contributed by atoms with Gasteiger partial charge in [0, 0.05) is 0 Å². The Bertz CT molecular complexity index is 334. The summed E-state index contributed by atoms with van der Waals surface area (Å²) < 4.78 is 44.5. The van der Waals surface area contributed by atoms with Gasteiger partial charge in [-0.3, -0.25) is 0 Å². The zero-order valence-electron chi connectivity index (χ0n) is 8.39. The van der Waals surface area contributed by atoms with Crippen LogP contribution >= 0.6 is 0 Å². The van der Waals surface area contributed by atoms with Crippen LogP contribution in [0.5, 0.6) is 11.5 Å². The number of hydrogen-bond acceptors (Lipinski definition) is 2. The van der Waals surface area contributed by atoms with E-state index in [4.69, 9.17) is 4.74 Å². The molecule has 1 aromatic carbocycles. The summed E-state index contributed by atoms with van der Waals surface area (Å²) in [6, 6.07) is 4.01. The number of ether oxygens (including phenoxy) is 2. The molecule has 0 bridgehead atoms. The van der Waals surface area contributed by atoms with Crippen LogP contribution in [0.4, 0.5) is 13.2 Å². The fourth-order valence-corrected chi connectivity index (χ4v) is 1.23. The second-order valence-corrected chi connectivity index (χ2v) is 2.88. The highest BCUT2D eigenvalue weighted by molar-refractivity contribution is 5.40. The van der Waals surface area contributed by atoms with Gasteiger partial charge >= 0.3 is 6.36 Å². The minimum atomic E-state index is -4.65. The molecule has 0 saturated heterocycles. The molecule has 0 spiro atoms. The van der Waals surface area contributed by atoms with Crippen LogP contribution in [-0.4, -0.2) is 13.5 Å². The molecule has 0 aliphatic rings. The number of methoxy groups -OCH3 is 1. The van der Waals surface area contributed by atoms with Gasteiger partial charge in [-0.2, -0.15) is 0 Å². The molecule has 0 atom stereocenters. The summed E-state index contributed by atoms with van der Waals surface area (Å²) in [5, 5.41) is 0. The molecule has 0 fully saturated rings. The predicted molar refractivity (Wildman–Crippen MR) is 49.1 cm³/mol. The molecular formula is C10H11F3O2. The topological polar surface area (TPSA) is 18.5 Å². The van der Waals surface area contributed by atoms with E-state index >= 15 is 0 Å². The van der Waals surface area contributed by atoms with E-state index in [0.29, 0.717) is 17.7 Å². The van der Waals surface area contributed by atoms with Gasteiger partial charge in [0.1, 0.15) is 11.5 Å². The molecule has 0 heterocycles. The Kier molecular flexibility index (Phi) is 3.44. The van der Waals surface area contributed by atoms with Crippen molar-refractivity contribution in [1.82, 2.24) is 0 Å². The van der Waals surface area contributed by atoms with Crippen LogP contribution in [0.15, 0.2) is 18.2 Å². The molecule has 15 heavy (non-hydrogen) atoms. The van der Waals surface area contributed by atoms with Crippen molar-refractivity contribution in [2.45, 2.75) is 19.7 Å². The summed E-state index contributed by atoms with van der Waals surface area (Å²) >= 11 is 0. The lowest BCUT2D eigenvalue weighted by Crippen LogP contribution is -2.17. The van der Waals surface area contributed by atoms with E-state index in [1.165, 1.54) is 25.3 Å². The molecule has 0 saturated carbocycles. The molecule has 5 heteroatoms. The average molecular weight is 220 g/mol. The molecule has 0 unspecified atom stereocenters. The molecule has 0 amide bonds. The van der Waals surface area contributed by atoms with Gasteiger partial charge in [-0.1, -0.05) is 6.92 Å². The van der Waals surface area contributed by atoms with E-state index in [1.807, 2.05) is 6.92 Å². The maximum atomic E-state index is 11.9. The lowest BCUT2D eigenvalue weighted by molar-refractivity contribution is -0.274. The first-order valence-corrected chi connectivity index (χ1v) is 4.39. The average Bonchev–Trinajstić information content (AvgIpc) is 2.15. The molecule has 1 aromatic rings. The van der Waals surface area contributed by atoms with Crippen LogP contribution < -0.4 is 9.47 Å². The Hall–Kier alpha value is -1.39. The number of rotatable bonds is 3. The third-order valence-electron chi connectivity index (χ3n) is 1.87. The predicted octanol–water partition coefficient (Wildman–Crippen LogP) is 3.16. The van der Waals surface area contributed by atoms with Crippen LogP contribution in [0.1, 0.15) is 12.5 Å². The fourth-order valence-electron chi connectivity index (χ4n) is 1.23. The van der Waals surface area contributed by atoms with Crippen molar-refractivity contribution < 1.29 is 22.6 Å². The zero-order chi connectivity index (χ0) is 11.5. The normalized spacial score (nSPS) is 11.3. The van der Waals surface area contributed by atoms with Crippen molar-refractivity contribution >= 4 is 0 Å². The van der Waals surface area contributed by atoms with Crippen LogP contribution in [0.25, 0.3) is 0 Å². The van der Waals surface area contributed by atoms with Gasteiger partial charge in [0.25, 0.3) is 0 Å². The Balaban J connectivity index is 2.93. The minimum absolute atomic E-state index is 0.222. The highest BCUT2D eigenvalue weighted by Gasteiger charge is 2.31. The fraction of sp³-hybridized carbons (Fsp3) is 0.400. The molecule has 2 nitrogen and oxygen atoms in total. The molecule has 84 valence electrons. The zero-order valence-corrected chi connectivity index (χ0v) is 8.39. The van der Waals surface area contributed by atoms with Crippen LogP contribution in [0.3, 0.4) is 0 Å². The van der Waals surface area contributed by atoms with Crippen molar-refractivity contribution in [2.75, 3.05) is 7.11 Å². The van der Waals surface area contributed by atoms with Gasteiger partial charge in [0.15, 0.2) is 0 Å². The summed E-state index contributed by atoms with van der Waals surface area (Å²) in [6.07, 6.45) is -4.07. The van der Waals surface area contributed by atoms with Crippen LogP contribution in [0, 0.1) is 0 Å². The summed E-state index contributed by atoms with van der Waals surface area (Å²) in [6.45, 7) is 1.83. The van der Waals surface area contributed by atoms with Crippen molar-refractivity contribution in [3.05, 3.63) is 23.8 Å². The quantitative estimate of drug-likeness (QED) is 0.779. The highest BCUT2D eigenvalue weighted by Crippen LogP contribution is 2.28. The summed E-state index contributed by atoms with van der Waals surface area (Å²) in [4.78, 5) is 0. The standard InChI is InChI=1S/C10H11F3O2/c1-3-7-6-8(15-10(11,12)13)4-5-9(7)14-2/h4-6H,3H2,1-2H3. The highest BCUT2D eigenvalue weighted by atomic mass is 19.4. The van der Waals surface area contributed by atoms with E-state index in [0.717, 1.165) is 0 Å². The molecule has 1 rings (SSSR count). The second-order valence-electron chi connectivity index (χ2n) is 2.88. The van der Waals surface area contributed by atoms with E-state index in [2.05, 4.69) is 4.74 Å². The lowest BCUT2D eigenvalue weighted by Gasteiger charge is -2.11. The minimum Gasteiger partial charge on any atom is -0.496 e. The molecule has 0 radical (unpaired) electrons. The van der Waals surface area contributed by atoms with E-state index in [9.17, 15) is 13.2 Å². The smallest absolute Gasteiger partial charge is 0.496 e. The number of hydrogen-bond donors (Lipinski definition) is 0. The van der Waals surface area contributed by atoms with Crippen LogP contribution in [0.2, 0.25) is 0 Å². The van der Waals surface area contributed by atoms with Gasteiger partial charge in [-0.25, -0.2) is 0 Å². The Morgan fingerprint density at radius 2 is 1.93 bits per heavy atom. The summed E-state index contributed by atoms with van der Waals surface area (Å²) in [5.74, 6) is 0.340. The first-order chi connectivity index (χ1) is 6.96. The number of benzene rings is 1. The van der Waals surface area contributed by atoms with Crippen molar-refractivity contribution in [3.8, 4) is 11.5 Å². The molecule has 0 aliphatic carbocycles. The van der Waals surface area contributed by atoms with Gasteiger partial charge in [0.2, 0.25) is 0 Å². The lowest BCUT2D eigenvalue weighted by atomic mass is 10.1. The Morgan fingerprint density at radius 3 is 2.40 bits per heavy atom. The van der Waals surface area contributed by atoms with Crippen molar-refractivity contribution in [3.63, 3.8) is 0 Å². The SMILES string of the molecule is CCc1cc(OC(F)(F)F)ccc1OC. The number of aryl methyl sites for hydroxylation is 1. The third kappa shape index (κ3) is 3.34. The molecule has 0 aromatic heterocycles. The largest absolute Gasteiger partial charge is 0.573 e. The second kappa shape index (κ2) is 4.42. The molecular weight excluding hydrogens is 209 g/mol. The van der Waals surface area contributed by atoms with Gasteiger partial charge < -0.3 is 9.47 Å².